The van der Waals surface area contributed by atoms with Crippen molar-refractivity contribution in [3.05, 3.63) is 89.2 Å². The molecule has 2 N–H and O–H groups in total. The van der Waals surface area contributed by atoms with Crippen LogP contribution in [-0.2, 0) is 0 Å². The molecule has 0 aliphatic carbocycles. The third-order valence-corrected chi connectivity index (χ3v) is 5.28. The van der Waals surface area contributed by atoms with Crippen LogP contribution in [0.3, 0.4) is 0 Å². The minimum Gasteiger partial charge on any atom is -0.492 e. The Hall–Kier alpha value is -3.67. The molecule has 0 saturated carbocycles. The summed E-state index contributed by atoms with van der Waals surface area (Å²) in [5.41, 5.74) is 8.12. The number of nitrogens with two attached hydrogens (primary N) is 1. The van der Waals surface area contributed by atoms with Crippen molar-refractivity contribution < 1.29 is 19.1 Å². The first kappa shape index (κ1) is 19.6. The van der Waals surface area contributed by atoms with Gasteiger partial charge >= 0.3 is 0 Å². The minimum atomic E-state index is -0.482. The van der Waals surface area contributed by atoms with Crippen molar-refractivity contribution in [1.29, 1.82) is 0 Å². The SMILES string of the molecule is CC[C@H]1COc2cc(O[C@H](c3ccncc3)c3ccc(C(N)=O)cc3)ccc2C1=O. The molecule has 2 aromatic carbocycles. The fourth-order valence-electron chi connectivity index (χ4n) is 3.51. The highest BCUT2D eigenvalue weighted by Gasteiger charge is 2.28. The summed E-state index contributed by atoms with van der Waals surface area (Å²) in [6.07, 6.45) is 3.71. The van der Waals surface area contributed by atoms with E-state index in [-0.39, 0.29) is 11.7 Å². The van der Waals surface area contributed by atoms with Gasteiger partial charge in [-0.05, 0) is 53.9 Å². The standard InChI is InChI=1S/C24H22N2O4/c1-2-15-14-29-21-13-19(7-8-20(21)22(15)27)30-23(17-9-11-26-12-10-17)16-3-5-18(6-4-16)24(25)28/h3-13,15,23H,2,14H2,1H3,(H2,25,28)/t15-,23-/m0/s1. The molecule has 1 aliphatic rings. The van der Waals surface area contributed by atoms with Gasteiger partial charge in [-0.25, -0.2) is 0 Å². The first-order valence-electron chi connectivity index (χ1n) is 9.84. The van der Waals surface area contributed by atoms with Crippen molar-refractivity contribution in [3.8, 4) is 11.5 Å². The molecular formula is C24H22N2O4. The zero-order valence-corrected chi connectivity index (χ0v) is 16.6. The summed E-state index contributed by atoms with van der Waals surface area (Å²) in [6.45, 7) is 2.37. The van der Waals surface area contributed by atoms with Crippen LogP contribution in [0, 0.1) is 5.92 Å². The number of amides is 1. The van der Waals surface area contributed by atoms with Crippen LogP contribution in [0.15, 0.2) is 67.0 Å². The topological polar surface area (TPSA) is 91.5 Å². The monoisotopic (exact) mass is 402 g/mol. The van der Waals surface area contributed by atoms with Crippen molar-refractivity contribution in [1.82, 2.24) is 4.98 Å². The van der Waals surface area contributed by atoms with Crippen LogP contribution in [0.2, 0.25) is 0 Å². The second-order valence-electron chi connectivity index (χ2n) is 7.20. The Kier molecular flexibility index (Phi) is 5.48. The highest BCUT2D eigenvalue weighted by molar-refractivity contribution is 6.01. The van der Waals surface area contributed by atoms with Crippen molar-refractivity contribution in [2.75, 3.05) is 6.61 Å². The van der Waals surface area contributed by atoms with Crippen molar-refractivity contribution >= 4 is 11.7 Å². The molecule has 1 amide bonds. The number of rotatable bonds is 6. The van der Waals surface area contributed by atoms with E-state index in [1.165, 1.54) is 0 Å². The maximum atomic E-state index is 12.5. The van der Waals surface area contributed by atoms with Gasteiger partial charge in [-0.1, -0.05) is 19.1 Å². The second kappa shape index (κ2) is 8.37. The highest BCUT2D eigenvalue weighted by Crippen LogP contribution is 2.35. The molecule has 4 rings (SSSR count). The van der Waals surface area contributed by atoms with Crippen molar-refractivity contribution in [2.24, 2.45) is 11.7 Å². The first-order valence-corrected chi connectivity index (χ1v) is 9.84. The number of Topliss-reactive ketones (excluding diaryl/α,β-unsaturated/α-hetero) is 1. The van der Waals surface area contributed by atoms with Gasteiger partial charge in [-0.2, -0.15) is 0 Å². The molecule has 6 nitrogen and oxygen atoms in total. The van der Waals surface area contributed by atoms with Crippen LogP contribution < -0.4 is 15.2 Å². The van der Waals surface area contributed by atoms with Crippen molar-refractivity contribution in [2.45, 2.75) is 19.4 Å². The average Bonchev–Trinajstić information content (AvgIpc) is 2.78. The molecule has 6 heteroatoms. The van der Waals surface area contributed by atoms with Crippen LogP contribution in [0.5, 0.6) is 11.5 Å². The lowest BCUT2D eigenvalue weighted by Crippen LogP contribution is -2.27. The molecule has 0 bridgehead atoms. The Morgan fingerprint density at radius 2 is 1.83 bits per heavy atom. The maximum Gasteiger partial charge on any atom is 0.248 e. The van der Waals surface area contributed by atoms with Crippen LogP contribution in [-0.4, -0.2) is 23.3 Å². The Morgan fingerprint density at radius 3 is 2.50 bits per heavy atom. The number of ketones is 1. The lowest BCUT2D eigenvalue weighted by atomic mass is 9.93. The molecule has 0 spiro atoms. The molecule has 152 valence electrons. The number of carbonyl (C=O) groups is 2. The summed E-state index contributed by atoms with van der Waals surface area (Å²) in [7, 11) is 0. The number of benzene rings is 2. The largest absolute Gasteiger partial charge is 0.492 e. The van der Waals surface area contributed by atoms with Gasteiger partial charge in [0.15, 0.2) is 5.78 Å². The Bertz CT molecular complexity index is 1060. The highest BCUT2D eigenvalue weighted by atomic mass is 16.5. The van der Waals surface area contributed by atoms with E-state index in [4.69, 9.17) is 15.2 Å². The molecule has 1 aromatic heterocycles. The number of hydrogen-bond acceptors (Lipinski definition) is 5. The first-order chi connectivity index (χ1) is 14.6. The molecule has 1 aliphatic heterocycles. The summed E-state index contributed by atoms with van der Waals surface area (Å²) >= 11 is 0. The number of carbonyl (C=O) groups excluding carboxylic acids is 2. The number of nitrogens with zero attached hydrogens (tertiary/aromatic N) is 1. The summed E-state index contributed by atoms with van der Waals surface area (Å²) in [6, 6.07) is 16.0. The summed E-state index contributed by atoms with van der Waals surface area (Å²) in [4.78, 5) is 28.0. The molecule has 0 unspecified atom stereocenters. The zero-order valence-electron chi connectivity index (χ0n) is 16.6. The molecule has 3 aromatic rings. The molecule has 0 fully saturated rings. The van der Waals surface area contributed by atoms with E-state index in [1.807, 2.05) is 31.2 Å². The lowest BCUT2D eigenvalue weighted by Gasteiger charge is -2.25. The third-order valence-electron chi connectivity index (χ3n) is 5.28. The van der Waals surface area contributed by atoms with E-state index in [1.54, 1.807) is 42.7 Å². The second-order valence-corrected chi connectivity index (χ2v) is 7.20. The van der Waals surface area contributed by atoms with Crippen molar-refractivity contribution in [3.63, 3.8) is 0 Å². The number of primary amides is 1. The normalized spacial score (nSPS) is 16.3. The van der Waals surface area contributed by atoms with Gasteiger partial charge in [0.1, 0.15) is 17.6 Å². The summed E-state index contributed by atoms with van der Waals surface area (Å²) in [5.74, 6) is 0.650. The fourth-order valence-corrected chi connectivity index (χ4v) is 3.51. The molecule has 0 radical (unpaired) electrons. The van der Waals surface area contributed by atoms with E-state index < -0.39 is 12.0 Å². The third kappa shape index (κ3) is 3.89. The molecule has 2 heterocycles. The van der Waals surface area contributed by atoms with E-state index in [9.17, 15) is 9.59 Å². The van der Waals surface area contributed by atoms with Gasteiger partial charge in [0, 0.05) is 24.0 Å². The number of ether oxygens (including phenoxy) is 2. The van der Waals surface area contributed by atoms with Gasteiger partial charge in [0.05, 0.1) is 18.1 Å². The number of fused-ring (bicyclic) bond motifs is 1. The molecule has 30 heavy (non-hydrogen) atoms. The van der Waals surface area contributed by atoms with Crippen LogP contribution in [0.4, 0.5) is 0 Å². The van der Waals surface area contributed by atoms with E-state index in [0.717, 1.165) is 17.5 Å². The van der Waals surface area contributed by atoms with Crippen LogP contribution in [0.25, 0.3) is 0 Å². The average molecular weight is 402 g/mol. The van der Waals surface area contributed by atoms with E-state index >= 15 is 0 Å². The van der Waals surface area contributed by atoms with Gasteiger partial charge < -0.3 is 15.2 Å². The summed E-state index contributed by atoms with van der Waals surface area (Å²) < 4.78 is 12.1. The molecule has 2 atom stereocenters. The van der Waals surface area contributed by atoms with Gasteiger partial charge in [0.2, 0.25) is 5.91 Å². The Labute approximate surface area is 174 Å². The van der Waals surface area contributed by atoms with E-state index in [0.29, 0.717) is 29.2 Å². The Balaban J connectivity index is 1.66. The molecule has 0 saturated heterocycles. The smallest absolute Gasteiger partial charge is 0.248 e. The predicted octanol–water partition coefficient (Wildman–Crippen LogP) is 3.95. The van der Waals surface area contributed by atoms with Crippen LogP contribution >= 0.6 is 0 Å². The van der Waals surface area contributed by atoms with Gasteiger partial charge in [-0.15, -0.1) is 0 Å². The quantitative estimate of drug-likeness (QED) is 0.674. The number of hydrogen-bond donors (Lipinski definition) is 1. The lowest BCUT2D eigenvalue weighted by molar-refractivity contribution is 0.0825. The molecular weight excluding hydrogens is 380 g/mol. The maximum absolute atomic E-state index is 12.5. The number of pyridine rings is 1. The minimum absolute atomic E-state index is 0.0994. The summed E-state index contributed by atoms with van der Waals surface area (Å²) in [5, 5.41) is 0. The fraction of sp³-hybridized carbons (Fsp3) is 0.208. The zero-order chi connectivity index (χ0) is 21.1. The predicted molar refractivity (Wildman–Crippen MR) is 112 cm³/mol. The van der Waals surface area contributed by atoms with Gasteiger partial charge in [-0.3, -0.25) is 14.6 Å². The number of aromatic nitrogens is 1. The van der Waals surface area contributed by atoms with E-state index in [2.05, 4.69) is 4.98 Å². The van der Waals surface area contributed by atoms with Gasteiger partial charge in [0.25, 0.3) is 0 Å². The Morgan fingerprint density at radius 1 is 1.13 bits per heavy atom. The van der Waals surface area contributed by atoms with Crippen LogP contribution in [0.1, 0.15) is 51.3 Å².